The Labute approximate surface area is 97.9 Å². The number of ether oxygens (including phenoxy) is 1. The van der Waals surface area contributed by atoms with Crippen LogP contribution in [0.2, 0.25) is 0 Å². The second-order valence-electron chi connectivity index (χ2n) is 3.71. The molecule has 0 saturated heterocycles. The van der Waals surface area contributed by atoms with E-state index in [2.05, 4.69) is 4.74 Å². The van der Waals surface area contributed by atoms with Gasteiger partial charge in [0.1, 0.15) is 6.61 Å². The first kappa shape index (κ1) is 11.3. The number of carbonyl (C=O) groups excluding carboxylic acids is 3. The van der Waals surface area contributed by atoms with Crippen LogP contribution in [0, 0.1) is 0 Å². The Morgan fingerprint density at radius 2 is 1.71 bits per heavy atom. The van der Waals surface area contributed by atoms with E-state index >= 15 is 0 Å². The number of Topliss-reactive ketones (excluding diaryl/α,β-unsaturated/α-hetero) is 2. The molecule has 0 heterocycles. The molecule has 0 saturated carbocycles. The van der Waals surface area contributed by atoms with Gasteiger partial charge in [0, 0.05) is 22.3 Å². The third kappa shape index (κ3) is 1.78. The Morgan fingerprint density at radius 1 is 1.12 bits per heavy atom. The van der Waals surface area contributed by atoms with E-state index in [0.717, 1.165) is 0 Å². The van der Waals surface area contributed by atoms with Crippen LogP contribution in [0.15, 0.2) is 35.4 Å². The van der Waals surface area contributed by atoms with Crippen LogP contribution in [-0.4, -0.2) is 24.6 Å². The van der Waals surface area contributed by atoms with E-state index in [0.29, 0.717) is 16.7 Å². The van der Waals surface area contributed by atoms with E-state index in [1.54, 1.807) is 31.2 Å². The van der Waals surface area contributed by atoms with Gasteiger partial charge in [-0.15, -0.1) is 0 Å². The Kier molecular flexibility index (Phi) is 2.87. The number of hydrogen-bond acceptors (Lipinski definition) is 4. The molecule has 1 aromatic rings. The van der Waals surface area contributed by atoms with Crippen molar-refractivity contribution < 1.29 is 19.1 Å². The molecule has 0 radical (unpaired) electrons. The molecule has 0 bridgehead atoms. The zero-order chi connectivity index (χ0) is 12.4. The van der Waals surface area contributed by atoms with Crippen molar-refractivity contribution in [3.8, 4) is 0 Å². The van der Waals surface area contributed by atoms with Gasteiger partial charge in [0.25, 0.3) is 6.47 Å². The summed E-state index contributed by atoms with van der Waals surface area (Å²) in [6.07, 6.45) is 0. The predicted octanol–water partition coefficient (Wildman–Crippen LogP) is 1.56. The molecule has 17 heavy (non-hydrogen) atoms. The maximum atomic E-state index is 12.1. The van der Waals surface area contributed by atoms with Crippen LogP contribution in [0.3, 0.4) is 0 Å². The third-order valence-corrected chi connectivity index (χ3v) is 2.78. The average Bonchev–Trinajstić information content (AvgIpc) is 2.36. The van der Waals surface area contributed by atoms with Crippen molar-refractivity contribution in [3.63, 3.8) is 0 Å². The summed E-state index contributed by atoms with van der Waals surface area (Å²) in [5, 5.41) is 0. The molecule has 0 unspecified atom stereocenters. The Morgan fingerprint density at radius 3 is 2.29 bits per heavy atom. The van der Waals surface area contributed by atoms with Crippen molar-refractivity contribution in [2.24, 2.45) is 0 Å². The number of allylic oxidation sites excluding steroid dienone is 1. The van der Waals surface area contributed by atoms with E-state index < -0.39 is 0 Å². The minimum atomic E-state index is -0.250. The van der Waals surface area contributed by atoms with E-state index in [1.807, 2.05) is 0 Å². The van der Waals surface area contributed by atoms with Crippen LogP contribution in [0.25, 0.3) is 0 Å². The third-order valence-electron chi connectivity index (χ3n) is 2.78. The van der Waals surface area contributed by atoms with Crippen molar-refractivity contribution in [1.82, 2.24) is 0 Å². The van der Waals surface area contributed by atoms with Crippen molar-refractivity contribution in [1.29, 1.82) is 0 Å². The maximum absolute atomic E-state index is 12.1. The fourth-order valence-corrected chi connectivity index (χ4v) is 1.84. The smallest absolute Gasteiger partial charge is 0.293 e. The highest BCUT2D eigenvalue weighted by Crippen LogP contribution is 2.25. The summed E-state index contributed by atoms with van der Waals surface area (Å²) >= 11 is 0. The van der Waals surface area contributed by atoms with Gasteiger partial charge in [-0.3, -0.25) is 14.4 Å². The monoisotopic (exact) mass is 230 g/mol. The fraction of sp³-hybridized carbons (Fsp3) is 0.154. The summed E-state index contributed by atoms with van der Waals surface area (Å²) in [4.78, 5) is 34.2. The van der Waals surface area contributed by atoms with Crippen molar-refractivity contribution in [2.75, 3.05) is 6.61 Å². The Bertz CT molecular complexity index is 540. The van der Waals surface area contributed by atoms with Crippen LogP contribution in [-0.2, 0) is 9.53 Å². The molecule has 2 rings (SSSR count). The maximum Gasteiger partial charge on any atom is 0.293 e. The molecule has 4 nitrogen and oxygen atoms in total. The minimum Gasteiger partial charge on any atom is -0.463 e. The first-order chi connectivity index (χ1) is 8.16. The lowest BCUT2D eigenvalue weighted by molar-refractivity contribution is -0.127. The molecular weight excluding hydrogens is 220 g/mol. The van der Waals surface area contributed by atoms with Crippen LogP contribution >= 0.6 is 0 Å². The summed E-state index contributed by atoms with van der Waals surface area (Å²) in [6.45, 7) is 1.67. The van der Waals surface area contributed by atoms with Gasteiger partial charge in [-0.2, -0.15) is 0 Å². The highest BCUT2D eigenvalue weighted by Gasteiger charge is 2.29. The second-order valence-corrected chi connectivity index (χ2v) is 3.71. The van der Waals surface area contributed by atoms with Gasteiger partial charge in [0.2, 0.25) is 0 Å². The molecule has 1 aliphatic carbocycles. The van der Waals surface area contributed by atoms with E-state index in [1.165, 1.54) is 0 Å². The van der Waals surface area contributed by atoms with Crippen LogP contribution in [0.4, 0.5) is 0 Å². The van der Waals surface area contributed by atoms with Gasteiger partial charge < -0.3 is 4.74 Å². The number of rotatable bonds is 3. The summed E-state index contributed by atoms with van der Waals surface area (Å²) in [5.74, 6) is -0.441. The molecular formula is C13H10O4. The molecule has 0 aromatic heterocycles. The van der Waals surface area contributed by atoms with Gasteiger partial charge in [-0.1, -0.05) is 24.3 Å². The lowest BCUT2D eigenvalue weighted by Crippen LogP contribution is -2.23. The SMILES string of the molecule is CC1=C(COC=O)C(=O)c2ccccc2C1=O. The largest absolute Gasteiger partial charge is 0.463 e. The van der Waals surface area contributed by atoms with Gasteiger partial charge >= 0.3 is 0 Å². The Hall–Kier alpha value is -2.23. The van der Waals surface area contributed by atoms with E-state index in [4.69, 9.17) is 0 Å². The first-order valence-electron chi connectivity index (χ1n) is 5.10. The summed E-state index contributed by atoms with van der Waals surface area (Å²) in [7, 11) is 0. The van der Waals surface area contributed by atoms with Crippen LogP contribution < -0.4 is 0 Å². The molecule has 0 N–H and O–H groups in total. The number of benzene rings is 1. The van der Waals surface area contributed by atoms with Crippen molar-refractivity contribution in [2.45, 2.75) is 6.92 Å². The zero-order valence-corrected chi connectivity index (χ0v) is 9.23. The molecule has 1 aromatic carbocycles. The molecule has 0 atom stereocenters. The lowest BCUT2D eigenvalue weighted by Gasteiger charge is -2.17. The number of carbonyl (C=O) groups is 3. The predicted molar refractivity (Wildman–Crippen MR) is 59.8 cm³/mol. The first-order valence-corrected chi connectivity index (χ1v) is 5.10. The molecule has 0 fully saturated rings. The Balaban J connectivity index is 2.50. The second kappa shape index (κ2) is 4.33. The number of ketones is 2. The van der Waals surface area contributed by atoms with Gasteiger partial charge in [-0.25, -0.2) is 0 Å². The van der Waals surface area contributed by atoms with Gasteiger partial charge in [0.05, 0.1) is 0 Å². The molecule has 0 spiro atoms. The van der Waals surface area contributed by atoms with Crippen LogP contribution in [0.5, 0.6) is 0 Å². The summed E-state index contributed by atoms with van der Waals surface area (Å²) in [5.41, 5.74) is 1.37. The molecule has 0 aliphatic heterocycles. The molecule has 1 aliphatic rings. The van der Waals surface area contributed by atoms with E-state index in [-0.39, 0.29) is 30.2 Å². The number of fused-ring (bicyclic) bond motifs is 1. The minimum absolute atomic E-state index is 0.158. The topological polar surface area (TPSA) is 60.4 Å². The standard InChI is InChI=1S/C13H10O4/c1-8-11(6-17-7-14)13(16)10-5-3-2-4-9(10)12(8)15/h2-5,7H,6H2,1H3. The molecule has 0 amide bonds. The van der Waals surface area contributed by atoms with Crippen LogP contribution in [0.1, 0.15) is 27.6 Å². The number of hydrogen-bond donors (Lipinski definition) is 0. The summed E-state index contributed by atoms with van der Waals surface area (Å²) < 4.78 is 4.57. The van der Waals surface area contributed by atoms with Gasteiger partial charge in [-0.05, 0) is 6.92 Å². The lowest BCUT2D eigenvalue weighted by atomic mass is 9.85. The summed E-state index contributed by atoms with van der Waals surface area (Å²) in [6, 6.07) is 6.63. The quantitative estimate of drug-likeness (QED) is 0.739. The highest BCUT2D eigenvalue weighted by atomic mass is 16.5. The normalized spacial score (nSPS) is 14.6. The highest BCUT2D eigenvalue weighted by molar-refractivity contribution is 6.26. The van der Waals surface area contributed by atoms with Crippen molar-refractivity contribution >= 4 is 18.0 Å². The fourth-order valence-electron chi connectivity index (χ4n) is 1.84. The van der Waals surface area contributed by atoms with Gasteiger partial charge in [0.15, 0.2) is 11.6 Å². The molecule has 4 heteroatoms. The van der Waals surface area contributed by atoms with Crippen molar-refractivity contribution in [3.05, 3.63) is 46.5 Å². The van der Waals surface area contributed by atoms with E-state index in [9.17, 15) is 14.4 Å². The average molecular weight is 230 g/mol. The zero-order valence-electron chi connectivity index (χ0n) is 9.23. The molecule has 86 valence electrons.